The van der Waals surface area contributed by atoms with E-state index in [2.05, 4.69) is 10.4 Å². The van der Waals surface area contributed by atoms with Crippen molar-refractivity contribution in [2.24, 2.45) is 0 Å². The number of rotatable bonds is 3. The second-order valence-corrected chi connectivity index (χ2v) is 5.02. The van der Waals surface area contributed by atoms with Crippen molar-refractivity contribution in [3.63, 3.8) is 0 Å². The molecule has 5 nitrogen and oxygen atoms in total. The lowest BCUT2D eigenvalue weighted by Crippen LogP contribution is -2.12. The van der Waals surface area contributed by atoms with E-state index in [0.717, 1.165) is 16.9 Å². The van der Waals surface area contributed by atoms with Crippen LogP contribution in [0.25, 0.3) is 5.69 Å². The zero-order valence-electron chi connectivity index (χ0n) is 12.2. The van der Waals surface area contributed by atoms with Crippen LogP contribution < -0.4 is 11.1 Å². The molecule has 5 heteroatoms. The number of benzene rings is 2. The average molecular weight is 292 g/mol. The van der Waals surface area contributed by atoms with Crippen LogP contribution in [0.5, 0.6) is 0 Å². The van der Waals surface area contributed by atoms with Crippen LogP contribution in [0.15, 0.2) is 60.9 Å². The number of anilines is 2. The maximum absolute atomic E-state index is 12.2. The van der Waals surface area contributed by atoms with Crippen molar-refractivity contribution in [3.8, 4) is 5.69 Å². The van der Waals surface area contributed by atoms with Crippen molar-refractivity contribution in [1.29, 1.82) is 0 Å². The smallest absolute Gasteiger partial charge is 0.255 e. The molecule has 22 heavy (non-hydrogen) atoms. The van der Waals surface area contributed by atoms with Gasteiger partial charge in [-0.15, -0.1) is 0 Å². The lowest BCUT2D eigenvalue weighted by Gasteiger charge is -2.08. The van der Waals surface area contributed by atoms with Gasteiger partial charge in [-0.05, 0) is 55.0 Å². The Kier molecular flexibility index (Phi) is 3.62. The van der Waals surface area contributed by atoms with Gasteiger partial charge in [-0.3, -0.25) is 4.79 Å². The summed E-state index contributed by atoms with van der Waals surface area (Å²) in [6.07, 6.45) is 3.58. The van der Waals surface area contributed by atoms with E-state index in [0.29, 0.717) is 11.3 Å². The van der Waals surface area contributed by atoms with Crippen LogP contribution >= 0.6 is 0 Å². The minimum absolute atomic E-state index is 0.182. The molecule has 0 saturated heterocycles. The molecule has 0 aliphatic carbocycles. The molecule has 0 fully saturated rings. The van der Waals surface area contributed by atoms with E-state index in [9.17, 15) is 4.79 Å². The predicted molar refractivity (Wildman–Crippen MR) is 87.1 cm³/mol. The Balaban J connectivity index is 1.75. The van der Waals surface area contributed by atoms with E-state index in [1.165, 1.54) is 0 Å². The summed E-state index contributed by atoms with van der Waals surface area (Å²) >= 11 is 0. The third-order valence-corrected chi connectivity index (χ3v) is 3.44. The van der Waals surface area contributed by atoms with Gasteiger partial charge in [0.25, 0.3) is 5.91 Å². The maximum Gasteiger partial charge on any atom is 0.255 e. The SMILES string of the molecule is Cc1ccc(C(=O)Nc2ccc(-n3cccn3)cc2)cc1N. The Morgan fingerprint density at radius 1 is 1.18 bits per heavy atom. The van der Waals surface area contributed by atoms with Crippen LogP contribution in [0.4, 0.5) is 11.4 Å². The summed E-state index contributed by atoms with van der Waals surface area (Å²) in [6.45, 7) is 1.91. The fourth-order valence-electron chi connectivity index (χ4n) is 2.10. The molecule has 3 rings (SSSR count). The number of nitrogens with two attached hydrogens (primary N) is 1. The predicted octanol–water partition coefficient (Wildman–Crippen LogP) is 3.02. The van der Waals surface area contributed by atoms with Gasteiger partial charge >= 0.3 is 0 Å². The van der Waals surface area contributed by atoms with Gasteiger partial charge in [0.15, 0.2) is 0 Å². The molecule has 0 saturated carbocycles. The Morgan fingerprint density at radius 2 is 1.95 bits per heavy atom. The van der Waals surface area contributed by atoms with Crippen molar-refractivity contribution in [3.05, 3.63) is 72.1 Å². The van der Waals surface area contributed by atoms with Gasteiger partial charge in [-0.25, -0.2) is 4.68 Å². The second kappa shape index (κ2) is 5.73. The number of carbonyl (C=O) groups excluding carboxylic acids is 1. The van der Waals surface area contributed by atoms with Crippen LogP contribution in [0, 0.1) is 6.92 Å². The molecule has 0 atom stereocenters. The molecule has 1 aromatic heterocycles. The van der Waals surface area contributed by atoms with Crippen molar-refractivity contribution in [1.82, 2.24) is 9.78 Å². The van der Waals surface area contributed by atoms with Gasteiger partial charge in [0.1, 0.15) is 0 Å². The Hall–Kier alpha value is -3.08. The van der Waals surface area contributed by atoms with Crippen molar-refractivity contribution in [2.75, 3.05) is 11.1 Å². The average Bonchev–Trinajstić information content (AvgIpc) is 3.05. The third-order valence-electron chi connectivity index (χ3n) is 3.44. The number of hydrogen-bond donors (Lipinski definition) is 2. The Bertz CT molecular complexity index is 792. The second-order valence-electron chi connectivity index (χ2n) is 5.02. The number of aromatic nitrogens is 2. The summed E-state index contributed by atoms with van der Waals surface area (Å²) in [5.41, 5.74) is 9.60. The molecule has 0 unspecified atom stereocenters. The highest BCUT2D eigenvalue weighted by molar-refractivity contribution is 6.04. The fourth-order valence-corrected chi connectivity index (χ4v) is 2.10. The highest BCUT2D eigenvalue weighted by Crippen LogP contribution is 2.16. The normalized spacial score (nSPS) is 10.4. The number of nitrogens with one attached hydrogen (secondary N) is 1. The number of hydrogen-bond acceptors (Lipinski definition) is 3. The minimum atomic E-state index is -0.182. The Labute approximate surface area is 128 Å². The van der Waals surface area contributed by atoms with Gasteiger partial charge in [0.2, 0.25) is 0 Å². The highest BCUT2D eigenvalue weighted by atomic mass is 16.1. The molecule has 0 aliphatic heterocycles. The highest BCUT2D eigenvalue weighted by Gasteiger charge is 2.07. The van der Waals surface area contributed by atoms with Gasteiger partial charge in [-0.2, -0.15) is 5.10 Å². The van der Waals surface area contributed by atoms with Crippen LogP contribution in [0.2, 0.25) is 0 Å². The molecule has 3 aromatic rings. The number of nitrogen functional groups attached to an aromatic ring is 1. The molecule has 0 spiro atoms. The lowest BCUT2D eigenvalue weighted by atomic mass is 10.1. The molecular formula is C17H16N4O. The first-order valence-electron chi connectivity index (χ1n) is 6.91. The third kappa shape index (κ3) is 2.83. The number of amides is 1. The van der Waals surface area contributed by atoms with Gasteiger partial charge < -0.3 is 11.1 Å². The monoisotopic (exact) mass is 292 g/mol. The van der Waals surface area contributed by atoms with Gasteiger partial charge in [-0.1, -0.05) is 6.07 Å². The first-order valence-corrected chi connectivity index (χ1v) is 6.91. The molecule has 0 bridgehead atoms. The van der Waals surface area contributed by atoms with E-state index in [4.69, 9.17) is 5.73 Å². The zero-order valence-corrected chi connectivity index (χ0v) is 12.2. The van der Waals surface area contributed by atoms with Crippen molar-refractivity contribution >= 4 is 17.3 Å². The molecule has 1 heterocycles. The van der Waals surface area contributed by atoms with Crippen molar-refractivity contribution in [2.45, 2.75) is 6.92 Å². The zero-order chi connectivity index (χ0) is 15.5. The summed E-state index contributed by atoms with van der Waals surface area (Å²) < 4.78 is 1.76. The molecular weight excluding hydrogens is 276 g/mol. The molecule has 110 valence electrons. The molecule has 3 N–H and O–H groups in total. The van der Waals surface area contributed by atoms with E-state index in [1.807, 2.05) is 49.5 Å². The lowest BCUT2D eigenvalue weighted by molar-refractivity contribution is 0.102. The minimum Gasteiger partial charge on any atom is -0.398 e. The van der Waals surface area contributed by atoms with Crippen molar-refractivity contribution < 1.29 is 4.79 Å². The van der Waals surface area contributed by atoms with Crippen LogP contribution in [-0.4, -0.2) is 15.7 Å². The van der Waals surface area contributed by atoms with E-state index in [-0.39, 0.29) is 5.91 Å². The summed E-state index contributed by atoms with van der Waals surface area (Å²) in [5.74, 6) is -0.182. The largest absolute Gasteiger partial charge is 0.398 e. The summed E-state index contributed by atoms with van der Waals surface area (Å²) in [6, 6.07) is 14.6. The van der Waals surface area contributed by atoms with Crippen LogP contribution in [0.3, 0.4) is 0 Å². The summed E-state index contributed by atoms with van der Waals surface area (Å²) in [5, 5.41) is 7.01. The maximum atomic E-state index is 12.2. The molecule has 0 aliphatic rings. The first-order chi connectivity index (χ1) is 10.6. The first kappa shape index (κ1) is 13.9. The van der Waals surface area contributed by atoms with E-state index >= 15 is 0 Å². The number of nitrogens with zero attached hydrogens (tertiary/aromatic N) is 2. The van der Waals surface area contributed by atoms with E-state index < -0.39 is 0 Å². The molecule has 0 radical (unpaired) electrons. The number of carbonyl (C=O) groups is 1. The summed E-state index contributed by atoms with van der Waals surface area (Å²) in [4.78, 5) is 12.2. The Morgan fingerprint density at radius 3 is 2.59 bits per heavy atom. The van der Waals surface area contributed by atoms with Gasteiger partial charge in [0, 0.05) is 29.3 Å². The van der Waals surface area contributed by atoms with Crippen LogP contribution in [0.1, 0.15) is 15.9 Å². The quantitative estimate of drug-likeness (QED) is 0.729. The number of aryl methyl sites for hydroxylation is 1. The fraction of sp³-hybridized carbons (Fsp3) is 0.0588. The van der Waals surface area contributed by atoms with E-state index in [1.54, 1.807) is 23.0 Å². The van der Waals surface area contributed by atoms with Gasteiger partial charge in [0.05, 0.1) is 5.69 Å². The molecule has 1 amide bonds. The van der Waals surface area contributed by atoms with Crippen LogP contribution in [-0.2, 0) is 0 Å². The topological polar surface area (TPSA) is 72.9 Å². The summed E-state index contributed by atoms with van der Waals surface area (Å²) in [7, 11) is 0. The standard InChI is InChI=1S/C17H16N4O/c1-12-3-4-13(11-16(12)18)17(22)20-14-5-7-15(8-6-14)21-10-2-9-19-21/h2-11H,18H2,1H3,(H,20,22). The molecule has 2 aromatic carbocycles.